The maximum absolute atomic E-state index is 12.3. The van der Waals surface area contributed by atoms with Crippen molar-refractivity contribution in [2.45, 2.75) is 0 Å². The van der Waals surface area contributed by atoms with Crippen molar-refractivity contribution in [3.05, 3.63) is 56.4 Å². The number of carbonyl (C=O) groups excluding carboxylic acids is 1. The van der Waals surface area contributed by atoms with E-state index in [0.717, 1.165) is 0 Å². The van der Waals surface area contributed by atoms with Crippen molar-refractivity contribution in [2.75, 3.05) is 31.1 Å². The fourth-order valence-electron chi connectivity index (χ4n) is 2.65. The zero-order valence-corrected chi connectivity index (χ0v) is 14.0. The Balaban J connectivity index is 1.71. The van der Waals surface area contributed by atoms with Gasteiger partial charge in [-0.05, 0) is 35.9 Å². The van der Waals surface area contributed by atoms with Crippen LogP contribution in [0.3, 0.4) is 0 Å². The smallest absolute Gasteiger partial charge is 0.294 e. The normalized spacial score (nSPS) is 14.8. The number of halogens is 2. The molecule has 1 aromatic heterocycles. The molecule has 24 heavy (non-hydrogen) atoms. The van der Waals surface area contributed by atoms with Crippen LogP contribution < -0.4 is 4.90 Å². The minimum absolute atomic E-state index is 0.0416. The average molecular weight is 370 g/mol. The first-order chi connectivity index (χ1) is 11.5. The number of hydrogen-bond donors (Lipinski definition) is 0. The molecule has 1 aromatic carbocycles. The highest BCUT2D eigenvalue weighted by atomic mass is 35.5. The second-order valence-electron chi connectivity index (χ2n) is 5.27. The standard InChI is InChI=1S/C15H13Cl2N3O4/c16-10-1-2-11(12(9-10)20(22)23)18-5-7-19(8-6-18)15(21)13-3-4-14(17)24-13/h1-4,9H,5-8H2. The van der Waals surface area contributed by atoms with Gasteiger partial charge in [0.05, 0.1) is 4.92 Å². The summed E-state index contributed by atoms with van der Waals surface area (Å²) in [7, 11) is 0. The molecule has 9 heteroatoms. The molecule has 1 amide bonds. The number of benzene rings is 1. The Labute approximate surface area is 147 Å². The molecule has 1 aliphatic heterocycles. The van der Waals surface area contributed by atoms with E-state index in [-0.39, 0.29) is 22.6 Å². The van der Waals surface area contributed by atoms with Gasteiger partial charge in [-0.25, -0.2) is 0 Å². The van der Waals surface area contributed by atoms with Crippen molar-refractivity contribution in [3.63, 3.8) is 0 Å². The minimum atomic E-state index is -0.455. The molecule has 7 nitrogen and oxygen atoms in total. The third-order valence-electron chi connectivity index (χ3n) is 3.83. The molecule has 2 aromatic rings. The summed E-state index contributed by atoms with van der Waals surface area (Å²) in [6, 6.07) is 7.62. The van der Waals surface area contributed by atoms with Crippen LogP contribution in [0.25, 0.3) is 0 Å². The summed E-state index contributed by atoms with van der Waals surface area (Å²) < 4.78 is 5.13. The van der Waals surface area contributed by atoms with Crippen LogP contribution in [0.2, 0.25) is 10.2 Å². The number of hydrogen-bond acceptors (Lipinski definition) is 5. The van der Waals surface area contributed by atoms with Crippen LogP contribution in [0.1, 0.15) is 10.6 Å². The van der Waals surface area contributed by atoms with Crippen molar-refractivity contribution < 1.29 is 14.1 Å². The molecule has 0 unspecified atom stereocenters. The van der Waals surface area contributed by atoms with E-state index < -0.39 is 4.92 Å². The van der Waals surface area contributed by atoms with Crippen molar-refractivity contribution in [1.29, 1.82) is 0 Å². The van der Waals surface area contributed by atoms with Crippen LogP contribution in [-0.2, 0) is 0 Å². The quantitative estimate of drug-likeness (QED) is 0.611. The summed E-state index contributed by atoms with van der Waals surface area (Å²) >= 11 is 11.5. The number of nitrogens with zero attached hydrogens (tertiary/aromatic N) is 3. The molecule has 0 atom stereocenters. The molecule has 0 N–H and O–H groups in total. The lowest BCUT2D eigenvalue weighted by atomic mass is 10.2. The highest BCUT2D eigenvalue weighted by molar-refractivity contribution is 6.31. The summed E-state index contributed by atoms with van der Waals surface area (Å²) in [5.74, 6) is -0.0573. The highest BCUT2D eigenvalue weighted by Gasteiger charge is 2.27. The molecule has 0 aliphatic carbocycles. The fraction of sp³-hybridized carbons (Fsp3) is 0.267. The van der Waals surface area contributed by atoms with Crippen LogP contribution in [0.4, 0.5) is 11.4 Å². The predicted octanol–water partition coefficient (Wildman–Crippen LogP) is 3.46. The van der Waals surface area contributed by atoms with Gasteiger partial charge in [0.15, 0.2) is 11.0 Å². The van der Waals surface area contributed by atoms with Gasteiger partial charge in [-0.3, -0.25) is 14.9 Å². The van der Waals surface area contributed by atoms with Crippen molar-refractivity contribution in [1.82, 2.24) is 4.90 Å². The number of nitro groups is 1. The highest BCUT2D eigenvalue weighted by Crippen LogP contribution is 2.31. The largest absolute Gasteiger partial charge is 0.440 e. The number of rotatable bonds is 3. The number of anilines is 1. The summed E-state index contributed by atoms with van der Waals surface area (Å²) in [5, 5.41) is 11.7. The Morgan fingerprint density at radius 3 is 2.42 bits per heavy atom. The first-order valence-electron chi connectivity index (χ1n) is 7.19. The molecule has 1 saturated heterocycles. The Bertz CT molecular complexity index is 785. The monoisotopic (exact) mass is 369 g/mol. The molecule has 126 valence electrons. The number of piperazine rings is 1. The van der Waals surface area contributed by atoms with Gasteiger partial charge >= 0.3 is 0 Å². The SMILES string of the molecule is O=C(c1ccc(Cl)o1)N1CCN(c2ccc(Cl)cc2[N+](=O)[O-])CC1. The molecule has 0 radical (unpaired) electrons. The molecule has 1 aliphatic rings. The first kappa shape index (κ1) is 16.6. The van der Waals surface area contributed by atoms with Crippen molar-refractivity contribution >= 4 is 40.5 Å². The van der Waals surface area contributed by atoms with E-state index in [1.165, 1.54) is 18.2 Å². The van der Waals surface area contributed by atoms with Gasteiger partial charge in [-0.1, -0.05) is 11.6 Å². The molecule has 3 rings (SSSR count). The van der Waals surface area contributed by atoms with Crippen LogP contribution in [-0.4, -0.2) is 41.9 Å². The molecular formula is C15H13Cl2N3O4. The van der Waals surface area contributed by atoms with Gasteiger partial charge in [-0.2, -0.15) is 0 Å². The summed E-state index contributed by atoms with van der Waals surface area (Å²) in [4.78, 5) is 26.6. The fourth-order valence-corrected chi connectivity index (χ4v) is 2.96. The van der Waals surface area contributed by atoms with Gasteiger partial charge in [0.25, 0.3) is 11.6 Å². The Hall–Kier alpha value is -2.25. The van der Waals surface area contributed by atoms with E-state index in [9.17, 15) is 14.9 Å². The van der Waals surface area contributed by atoms with E-state index in [1.807, 2.05) is 4.90 Å². The van der Waals surface area contributed by atoms with E-state index in [2.05, 4.69) is 0 Å². The summed E-state index contributed by atoms with van der Waals surface area (Å²) in [6.07, 6.45) is 0. The van der Waals surface area contributed by atoms with Crippen molar-refractivity contribution in [2.24, 2.45) is 0 Å². The van der Waals surface area contributed by atoms with Crippen LogP contribution in [0.5, 0.6) is 0 Å². The number of carbonyl (C=O) groups is 1. The zero-order chi connectivity index (χ0) is 17.3. The number of furan rings is 1. The second-order valence-corrected chi connectivity index (χ2v) is 6.08. The first-order valence-corrected chi connectivity index (χ1v) is 7.95. The molecule has 0 bridgehead atoms. The van der Waals surface area contributed by atoms with Gasteiger partial charge in [0.1, 0.15) is 5.69 Å². The topological polar surface area (TPSA) is 79.8 Å². The Morgan fingerprint density at radius 2 is 1.83 bits per heavy atom. The van der Waals surface area contributed by atoms with E-state index in [0.29, 0.717) is 36.9 Å². The maximum Gasteiger partial charge on any atom is 0.294 e. The Morgan fingerprint density at radius 1 is 1.12 bits per heavy atom. The van der Waals surface area contributed by atoms with E-state index in [4.69, 9.17) is 27.6 Å². The predicted molar refractivity (Wildman–Crippen MR) is 89.9 cm³/mol. The van der Waals surface area contributed by atoms with Crippen LogP contribution >= 0.6 is 23.2 Å². The van der Waals surface area contributed by atoms with Crippen molar-refractivity contribution in [3.8, 4) is 0 Å². The summed E-state index contributed by atoms with van der Waals surface area (Å²) in [5.41, 5.74) is 0.456. The number of nitro benzene ring substituents is 1. The zero-order valence-electron chi connectivity index (χ0n) is 12.4. The average Bonchev–Trinajstić information content (AvgIpc) is 3.01. The van der Waals surface area contributed by atoms with Gasteiger partial charge < -0.3 is 14.2 Å². The minimum Gasteiger partial charge on any atom is -0.440 e. The van der Waals surface area contributed by atoms with Gasteiger partial charge in [0, 0.05) is 37.3 Å². The molecular weight excluding hydrogens is 357 g/mol. The third-order valence-corrected chi connectivity index (χ3v) is 4.26. The van der Waals surface area contributed by atoms with Crippen LogP contribution in [0, 0.1) is 10.1 Å². The van der Waals surface area contributed by atoms with E-state index >= 15 is 0 Å². The second kappa shape index (κ2) is 6.70. The molecule has 0 spiro atoms. The third kappa shape index (κ3) is 3.32. The maximum atomic E-state index is 12.3. The van der Waals surface area contributed by atoms with Crippen LogP contribution in [0.15, 0.2) is 34.7 Å². The lowest BCUT2D eigenvalue weighted by molar-refractivity contribution is -0.384. The van der Waals surface area contributed by atoms with Gasteiger partial charge in [-0.15, -0.1) is 0 Å². The molecule has 0 saturated carbocycles. The molecule has 1 fully saturated rings. The van der Waals surface area contributed by atoms with Gasteiger partial charge in [0.2, 0.25) is 0 Å². The Kier molecular flexibility index (Phi) is 4.64. The van der Waals surface area contributed by atoms with E-state index in [1.54, 1.807) is 17.0 Å². The summed E-state index contributed by atoms with van der Waals surface area (Å²) in [6.45, 7) is 1.80. The lowest BCUT2D eigenvalue weighted by Crippen LogP contribution is -2.48. The lowest BCUT2D eigenvalue weighted by Gasteiger charge is -2.35. The number of amides is 1. The molecule has 2 heterocycles.